The zero-order valence-electron chi connectivity index (χ0n) is 13.0. The Balaban J connectivity index is 1.88. The van der Waals surface area contributed by atoms with Crippen molar-refractivity contribution in [3.63, 3.8) is 0 Å². The maximum atomic E-state index is 12.1. The average molecular weight is 291 g/mol. The summed E-state index contributed by atoms with van der Waals surface area (Å²) in [6, 6.07) is 6.15. The van der Waals surface area contributed by atoms with Crippen LogP contribution in [-0.4, -0.2) is 26.2 Å². The number of carbonyl (C=O) groups excluding carboxylic acids is 1. The topological polar surface area (TPSA) is 47.6 Å². The lowest BCUT2D eigenvalue weighted by atomic mass is 9.95. The largest absolute Gasteiger partial charge is 0.493 e. The van der Waals surface area contributed by atoms with E-state index in [1.54, 1.807) is 14.2 Å². The minimum Gasteiger partial charge on any atom is -0.493 e. The first-order valence-corrected chi connectivity index (χ1v) is 7.74. The summed E-state index contributed by atoms with van der Waals surface area (Å²) in [6.07, 6.45) is 7.15. The van der Waals surface area contributed by atoms with Gasteiger partial charge in [0.1, 0.15) is 0 Å². The van der Waals surface area contributed by atoms with Crippen LogP contribution in [0.15, 0.2) is 18.2 Å². The molecule has 0 aromatic heterocycles. The molecule has 1 aromatic carbocycles. The lowest BCUT2D eigenvalue weighted by Gasteiger charge is -2.22. The molecule has 1 aromatic rings. The van der Waals surface area contributed by atoms with Crippen LogP contribution >= 0.6 is 0 Å². The molecule has 4 heteroatoms. The second-order valence-electron chi connectivity index (χ2n) is 5.56. The minimum absolute atomic E-state index is 0.131. The zero-order chi connectivity index (χ0) is 15.1. The number of para-hydroxylation sites is 1. The first-order chi connectivity index (χ1) is 10.2. The molecule has 1 fully saturated rings. The molecule has 21 heavy (non-hydrogen) atoms. The lowest BCUT2D eigenvalue weighted by molar-refractivity contribution is -0.121. The molecule has 2 rings (SSSR count). The van der Waals surface area contributed by atoms with Gasteiger partial charge in [0.15, 0.2) is 11.5 Å². The van der Waals surface area contributed by atoms with Crippen LogP contribution in [0.2, 0.25) is 0 Å². The molecular weight excluding hydrogens is 266 g/mol. The van der Waals surface area contributed by atoms with Crippen molar-refractivity contribution in [3.05, 3.63) is 23.8 Å². The predicted octanol–water partition coefficient (Wildman–Crippen LogP) is 3.09. The molecule has 0 unspecified atom stereocenters. The Kier molecular flexibility index (Phi) is 5.90. The molecule has 0 atom stereocenters. The predicted molar refractivity (Wildman–Crippen MR) is 82.9 cm³/mol. The average Bonchev–Trinajstić information content (AvgIpc) is 2.53. The molecular formula is C17H25NO3. The van der Waals surface area contributed by atoms with Gasteiger partial charge in [-0.1, -0.05) is 31.4 Å². The van der Waals surface area contributed by atoms with E-state index in [0.29, 0.717) is 24.6 Å². The number of hydrogen-bond acceptors (Lipinski definition) is 3. The molecule has 1 aliphatic rings. The molecule has 1 saturated carbocycles. The first-order valence-electron chi connectivity index (χ1n) is 7.74. The summed E-state index contributed by atoms with van der Waals surface area (Å²) in [7, 11) is 3.25. The van der Waals surface area contributed by atoms with Gasteiger partial charge < -0.3 is 14.8 Å². The van der Waals surface area contributed by atoms with Gasteiger partial charge in [-0.15, -0.1) is 0 Å². The molecule has 116 valence electrons. The summed E-state index contributed by atoms with van der Waals surface area (Å²) in [5, 5.41) is 3.14. The van der Waals surface area contributed by atoms with Crippen molar-refractivity contribution in [2.45, 2.75) is 51.0 Å². The third kappa shape index (κ3) is 4.38. The maximum absolute atomic E-state index is 12.1. The van der Waals surface area contributed by atoms with Gasteiger partial charge in [-0.2, -0.15) is 0 Å². The second kappa shape index (κ2) is 7.91. The highest BCUT2D eigenvalue weighted by Gasteiger charge is 2.16. The monoisotopic (exact) mass is 291 g/mol. The van der Waals surface area contributed by atoms with Crippen molar-refractivity contribution in [1.82, 2.24) is 5.32 Å². The Morgan fingerprint density at radius 3 is 2.62 bits per heavy atom. The highest BCUT2D eigenvalue weighted by atomic mass is 16.5. The van der Waals surface area contributed by atoms with Gasteiger partial charge in [-0.25, -0.2) is 0 Å². The number of amides is 1. The van der Waals surface area contributed by atoms with Crippen LogP contribution < -0.4 is 14.8 Å². The van der Waals surface area contributed by atoms with E-state index in [2.05, 4.69) is 5.32 Å². The Bertz CT molecular complexity index is 467. The number of carbonyl (C=O) groups is 1. The molecule has 0 radical (unpaired) electrons. The summed E-state index contributed by atoms with van der Waals surface area (Å²) < 4.78 is 10.7. The molecule has 0 spiro atoms. The van der Waals surface area contributed by atoms with Crippen molar-refractivity contribution >= 4 is 5.91 Å². The van der Waals surface area contributed by atoms with E-state index in [0.717, 1.165) is 24.2 Å². The first kappa shape index (κ1) is 15.7. The summed E-state index contributed by atoms with van der Waals surface area (Å²) in [5.74, 6) is 1.57. The quantitative estimate of drug-likeness (QED) is 0.876. The van der Waals surface area contributed by atoms with Crippen molar-refractivity contribution < 1.29 is 14.3 Å². The molecule has 4 nitrogen and oxygen atoms in total. The normalized spacial score (nSPS) is 15.5. The van der Waals surface area contributed by atoms with Gasteiger partial charge >= 0.3 is 0 Å². The van der Waals surface area contributed by atoms with Gasteiger partial charge in [0.05, 0.1) is 14.2 Å². The fourth-order valence-electron chi connectivity index (χ4n) is 2.95. The van der Waals surface area contributed by atoms with E-state index in [1.807, 2.05) is 18.2 Å². The number of ether oxygens (including phenoxy) is 2. The Morgan fingerprint density at radius 1 is 1.19 bits per heavy atom. The van der Waals surface area contributed by atoms with Crippen molar-refractivity contribution in [3.8, 4) is 11.5 Å². The summed E-state index contributed by atoms with van der Waals surface area (Å²) in [6.45, 7) is 0. The molecule has 0 bridgehead atoms. The molecule has 1 N–H and O–H groups in total. The Labute approximate surface area is 126 Å². The van der Waals surface area contributed by atoms with Gasteiger partial charge in [0, 0.05) is 12.5 Å². The van der Waals surface area contributed by atoms with Crippen LogP contribution in [0.5, 0.6) is 11.5 Å². The van der Waals surface area contributed by atoms with E-state index in [-0.39, 0.29) is 5.91 Å². The third-order valence-electron chi connectivity index (χ3n) is 4.08. The van der Waals surface area contributed by atoms with E-state index >= 15 is 0 Å². The van der Waals surface area contributed by atoms with Crippen LogP contribution in [0.4, 0.5) is 0 Å². The van der Waals surface area contributed by atoms with Gasteiger partial charge in [-0.3, -0.25) is 4.79 Å². The van der Waals surface area contributed by atoms with Crippen LogP contribution in [0.1, 0.15) is 44.1 Å². The molecule has 1 amide bonds. The van der Waals surface area contributed by atoms with Crippen molar-refractivity contribution in [2.75, 3.05) is 14.2 Å². The van der Waals surface area contributed by atoms with E-state index in [4.69, 9.17) is 9.47 Å². The van der Waals surface area contributed by atoms with E-state index < -0.39 is 0 Å². The standard InChI is InChI=1S/C17H25NO3/c1-20-15-10-6-7-13(17(15)21-2)11-12-16(19)18-14-8-4-3-5-9-14/h6-7,10,14H,3-5,8-9,11-12H2,1-2H3,(H,18,19). The number of methoxy groups -OCH3 is 2. The zero-order valence-corrected chi connectivity index (χ0v) is 13.0. The summed E-state index contributed by atoms with van der Waals surface area (Å²) >= 11 is 0. The van der Waals surface area contributed by atoms with E-state index in [9.17, 15) is 4.79 Å². The maximum Gasteiger partial charge on any atom is 0.220 e. The van der Waals surface area contributed by atoms with E-state index in [1.165, 1.54) is 19.3 Å². The number of nitrogens with one attached hydrogen (secondary N) is 1. The smallest absolute Gasteiger partial charge is 0.220 e. The number of rotatable bonds is 6. The van der Waals surface area contributed by atoms with Crippen LogP contribution in [0, 0.1) is 0 Å². The highest BCUT2D eigenvalue weighted by molar-refractivity contribution is 5.76. The summed E-state index contributed by atoms with van der Waals surface area (Å²) in [5.41, 5.74) is 1.01. The van der Waals surface area contributed by atoms with Gasteiger partial charge in [0.25, 0.3) is 0 Å². The van der Waals surface area contributed by atoms with Gasteiger partial charge in [-0.05, 0) is 30.9 Å². The fourth-order valence-corrected chi connectivity index (χ4v) is 2.95. The molecule has 0 heterocycles. The molecule has 0 aliphatic heterocycles. The third-order valence-corrected chi connectivity index (χ3v) is 4.08. The number of hydrogen-bond donors (Lipinski definition) is 1. The van der Waals surface area contributed by atoms with Gasteiger partial charge in [0.2, 0.25) is 5.91 Å². The van der Waals surface area contributed by atoms with Crippen molar-refractivity contribution in [1.29, 1.82) is 0 Å². The van der Waals surface area contributed by atoms with Crippen molar-refractivity contribution in [2.24, 2.45) is 0 Å². The van der Waals surface area contributed by atoms with Crippen LogP contribution in [0.25, 0.3) is 0 Å². The van der Waals surface area contributed by atoms with Crippen LogP contribution in [0.3, 0.4) is 0 Å². The SMILES string of the molecule is COc1cccc(CCC(=O)NC2CCCCC2)c1OC. The Morgan fingerprint density at radius 2 is 1.95 bits per heavy atom. The summed E-state index contributed by atoms with van der Waals surface area (Å²) in [4.78, 5) is 12.1. The second-order valence-corrected chi connectivity index (χ2v) is 5.56. The molecule has 0 saturated heterocycles. The molecule has 1 aliphatic carbocycles. The number of benzene rings is 1. The highest BCUT2D eigenvalue weighted by Crippen LogP contribution is 2.31. The number of aryl methyl sites for hydroxylation is 1. The fraction of sp³-hybridized carbons (Fsp3) is 0.588. The minimum atomic E-state index is 0.131. The Hall–Kier alpha value is -1.71. The lowest BCUT2D eigenvalue weighted by Crippen LogP contribution is -2.36. The van der Waals surface area contributed by atoms with Crippen LogP contribution in [-0.2, 0) is 11.2 Å².